The highest BCUT2D eigenvalue weighted by Gasteiger charge is 2.22. The molecule has 0 aromatic rings. The van der Waals surface area contributed by atoms with Crippen molar-refractivity contribution in [2.75, 3.05) is 13.2 Å². The summed E-state index contributed by atoms with van der Waals surface area (Å²) in [6.07, 6.45) is 5.83. The summed E-state index contributed by atoms with van der Waals surface area (Å²) in [7, 11) is 0. The second-order valence-corrected chi connectivity index (χ2v) is 4.87. The molecular formula is C12H24O2. The molecule has 0 spiro atoms. The van der Waals surface area contributed by atoms with Crippen molar-refractivity contribution in [1.82, 2.24) is 0 Å². The summed E-state index contributed by atoms with van der Waals surface area (Å²) in [6, 6.07) is 0. The van der Waals surface area contributed by atoms with E-state index in [1.165, 1.54) is 25.7 Å². The molecule has 0 aliphatic heterocycles. The Bertz CT molecular complexity index is 139. The smallest absolute Gasteiger partial charge is 0.0801 e. The van der Waals surface area contributed by atoms with E-state index in [0.717, 1.165) is 13.0 Å². The lowest BCUT2D eigenvalue weighted by molar-refractivity contribution is 0.00336. The van der Waals surface area contributed by atoms with E-state index < -0.39 is 0 Å². The largest absolute Gasteiger partial charge is 0.390 e. The Morgan fingerprint density at radius 2 is 1.93 bits per heavy atom. The van der Waals surface area contributed by atoms with Gasteiger partial charge in [-0.2, -0.15) is 0 Å². The minimum Gasteiger partial charge on any atom is -0.390 e. The van der Waals surface area contributed by atoms with Gasteiger partial charge in [-0.05, 0) is 31.1 Å². The third-order valence-corrected chi connectivity index (χ3v) is 3.07. The number of ether oxygens (including phenoxy) is 1. The molecule has 0 saturated heterocycles. The van der Waals surface area contributed by atoms with Crippen LogP contribution in [0, 0.1) is 11.8 Å². The maximum Gasteiger partial charge on any atom is 0.0801 e. The van der Waals surface area contributed by atoms with E-state index in [1.54, 1.807) is 0 Å². The van der Waals surface area contributed by atoms with Gasteiger partial charge in [-0.15, -0.1) is 0 Å². The number of hydrogen-bond acceptors (Lipinski definition) is 2. The van der Waals surface area contributed by atoms with Crippen LogP contribution in [0.3, 0.4) is 0 Å². The highest BCUT2D eigenvalue weighted by Crippen LogP contribution is 2.27. The molecule has 1 aliphatic carbocycles. The molecule has 1 aliphatic rings. The van der Waals surface area contributed by atoms with Crippen LogP contribution >= 0.6 is 0 Å². The van der Waals surface area contributed by atoms with Gasteiger partial charge in [-0.3, -0.25) is 0 Å². The first kappa shape index (κ1) is 12.0. The Balaban J connectivity index is 1.99. The summed E-state index contributed by atoms with van der Waals surface area (Å²) >= 11 is 0. The summed E-state index contributed by atoms with van der Waals surface area (Å²) in [4.78, 5) is 0. The number of aliphatic hydroxyl groups is 1. The molecule has 2 nitrogen and oxygen atoms in total. The number of aliphatic hydroxyl groups excluding tert-OH is 1. The van der Waals surface area contributed by atoms with Gasteiger partial charge in [-0.1, -0.05) is 26.7 Å². The van der Waals surface area contributed by atoms with Crippen molar-refractivity contribution in [2.45, 2.75) is 52.1 Å². The van der Waals surface area contributed by atoms with Crippen LogP contribution in [0.25, 0.3) is 0 Å². The van der Waals surface area contributed by atoms with E-state index in [1.807, 2.05) is 0 Å². The van der Waals surface area contributed by atoms with Gasteiger partial charge in [0.1, 0.15) is 0 Å². The maximum atomic E-state index is 9.79. The van der Waals surface area contributed by atoms with Crippen molar-refractivity contribution in [3.05, 3.63) is 0 Å². The summed E-state index contributed by atoms with van der Waals surface area (Å²) in [5, 5.41) is 9.79. The summed E-state index contributed by atoms with van der Waals surface area (Å²) in [6.45, 7) is 5.71. The Hall–Kier alpha value is -0.0800. The molecule has 2 heteroatoms. The van der Waals surface area contributed by atoms with Crippen LogP contribution in [-0.2, 0) is 4.74 Å². The zero-order chi connectivity index (χ0) is 10.4. The molecule has 0 bridgehead atoms. The monoisotopic (exact) mass is 200 g/mol. The zero-order valence-corrected chi connectivity index (χ0v) is 9.54. The predicted octanol–water partition coefficient (Wildman–Crippen LogP) is 2.60. The molecule has 0 amide bonds. The van der Waals surface area contributed by atoms with Crippen molar-refractivity contribution in [3.63, 3.8) is 0 Å². The highest BCUT2D eigenvalue weighted by molar-refractivity contribution is 4.74. The zero-order valence-electron chi connectivity index (χ0n) is 9.54. The van der Waals surface area contributed by atoms with Gasteiger partial charge < -0.3 is 9.84 Å². The van der Waals surface area contributed by atoms with Crippen LogP contribution in [0.2, 0.25) is 0 Å². The number of hydrogen-bond donors (Lipinski definition) is 1. The maximum absolute atomic E-state index is 9.79. The van der Waals surface area contributed by atoms with Crippen LogP contribution < -0.4 is 0 Å². The molecule has 0 radical (unpaired) electrons. The van der Waals surface area contributed by atoms with Gasteiger partial charge in [0.25, 0.3) is 0 Å². The quantitative estimate of drug-likeness (QED) is 0.668. The molecule has 1 rings (SSSR count). The van der Waals surface area contributed by atoms with Crippen molar-refractivity contribution >= 4 is 0 Å². The fourth-order valence-electron chi connectivity index (χ4n) is 2.00. The van der Waals surface area contributed by atoms with Gasteiger partial charge in [0.2, 0.25) is 0 Å². The first-order valence-corrected chi connectivity index (χ1v) is 5.96. The summed E-state index contributed by atoms with van der Waals surface area (Å²) in [5.74, 6) is 1.20. The lowest BCUT2D eigenvalue weighted by Crippen LogP contribution is -2.24. The normalized spacial score (nSPS) is 20.6. The molecule has 1 unspecified atom stereocenters. The predicted molar refractivity (Wildman–Crippen MR) is 58.2 cm³/mol. The van der Waals surface area contributed by atoms with Crippen molar-refractivity contribution in [2.24, 2.45) is 11.8 Å². The molecule has 0 aromatic heterocycles. The molecule has 0 aromatic carbocycles. The van der Waals surface area contributed by atoms with Crippen LogP contribution in [-0.4, -0.2) is 24.4 Å². The highest BCUT2D eigenvalue weighted by atomic mass is 16.5. The van der Waals surface area contributed by atoms with E-state index in [-0.39, 0.29) is 6.10 Å². The van der Waals surface area contributed by atoms with Gasteiger partial charge in [-0.25, -0.2) is 0 Å². The molecular weight excluding hydrogens is 176 g/mol. The Morgan fingerprint density at radius 1 is 1.29 bits per heavy atom. The van der Waals surface area contributed by atoms with E-state index in [2.05, 4.69) is 13.8 Å². The van der Waals surface area contributed by atoms with Gasteiger partial charge in [0.15, 0.2) is 0 Å². The molecule has 84 valence electrons. The number of rotatable bonds is 6. The third kappa shape index (κ3) is 4.43. The van der Waals surface area contributed by atoms with Crippen LogP contribution in [0.4, 0.5) is 0 Å². The van der Waals surface area contributed by atoms with Crippen molar-refractivity contribution in [3.8, 4) is 0 Å². The Morgan fingerprint density at radius 3 is 2.50 bits per heavy atom. The van der Waals surface area contributed by atoms with E-state index in [4.69, 9.17) is 4.74 Å². The summed E-state index contributed by atoms with van der Waals surface area (Å²) < 4.78 is 5.47. The van der Waals surface area contributed by atoms with E-state index in [0.29, 0.717) is 18.4 Å². The van der Waals surface area contributed by atoms with E-state index >= 15 is 0 Å². The lowest BCUT2D eigenvalue weighted by atomic mass is 10.0. The minimum atomic E-state index is -0.218. The standard InChI is InChI=1S/C12H24O2/c1-10(2)7-8-14-9-12(13)11-5-3-4-6-11/h10-13H,3-9H2,1-2H3. The molecule has 1 atom stereocenters. The van der Waals surface area contributed by atoms with Crippen molar-refractivity contribution in [1.29, 1.82) is 0 Å². The average molecular weight is 200 g/mol. The fraction of sp³-hybridized carbons (Fsp3) is 1.00. The Kier molecular flexibility index (Phi) is 5.49. The van der Waals surface area contributed by atoms with Gasteiger partial charge in [0.05, 0.1) is 12.7 Å². The molecule has 1 saturated carbocycles. The van der Waals surface area contributed by atoms with Gasteiger partial charge >= 0.3 is 0 Å². The van der Waals surface area contributed by atoms with E-state index in [9.17, 15) is 5.11 Å². The third-order valence-electron chi connectivity index (χ3n) is 3.07. The van der Waals surface area contributed by atoms with Crippen LogP contribution in [0.15, 0.2) is 0 Å². The Labute approximate surface area is 87.7 Å². The first-order valence-electron chi connectivity index (χ1n) is 5.96. The molecule has 1 N–H and O–H groups in total. The fourth-order valence-corrected chi connectivity index (χ4v) is 2.00. The molecule has 0 heterocycles. The molecule has 14 heavy (non-hydrogen) atoms. The van der Waals surface area contributed by atoms with Crippen LogP contribution in [0.1, 0.15) is 46.0 Å². The summed E-state index contributed by atoms with van der Waals surface area (Å²) in [5.41, 5.74) is 0. The SMILES string of the molecule is CC(C)CCOCC(O)C1CCCC1. The van der Waals surface area contributed by atoms with Crippen molar-refractivity contribution < 1.29 is 9.84 Å². The first-order chi connectivity index (χ1) is 6.70. The average Bonchev–Trinajstić information content (AvgIpc) is 2.64. The molecule has 1 fully saturated rings. The second-order valence-electron chi connectivity index (χ2n) is 4.87. The second kappa shape index (κ2) is 6.41. The van der Waals surface area contributed by atoms with Gasteiger partial charge in [0, 0.05) is 6.61 Å². The van der Waals surface area contributed by atoms with Crippen LogP contribution in [0.5, 0.6) is 0 Å². The lowest BCUT2D eigenvalue weighted by Gasteiger charge is -2.17. The minimum absolute atomic E-state index is 0.218. The topological polar surface area (TPSA) is 29.5 Å².